The fraction of sp³-hybridized carbons (Fsp3) is 0. The summed E-state index contributed by atoms with van der Waals surface area (Å²) in [5.74, 6) is 0.143. The van der Waals surface area contributed by atoms with Gasteiger partial charge >= 0.3 is 5.97 Å². The molecule has 1 heterocycles. The highest BCUT2D eigenvalue weighted by molar-refractivity contribution is 9.10. The van der Waals surface area contributed by atoms with E-state index in [2.05, 4.69) is 20.9 Å². The number of aromatic nitrogens is 1. The summed E-state index contributed by atoms with van der Waals surface area (Å²) in [5.41, 5.74) is 0.685. The van der Waals surface area contributed by atoms with Crippen LogP contribution in [0.15, 0.2) is 53.3 Å². The zero-order valence-electron chi connectivity index (χ0n) is 9.79. The molecule has 2 rings (SSSR count). The lowest BCUT2D eigenvalue weighted by molar-refractivity contribution is -0.131. The molecule has 1 N–H and O–H groups in total. The summed E-state index contributed by atoms with van der Waals surface area (Å²) in [6.07, 6.45) is 5.80. The van der Waals surface area contributed by atoms with Gasteiger partial charge in [0.2, 0.25) is 0 Å². The summed E-state index contributed by atoms with van der Waals surface area (Å²) < 4.78 is 6.49. The molecule has 0 saturated heterocycles. The number of para-hydroxylation sites is 1. The van der Waals surface area contributed by atoms with E-state index in [0.29, 0.717) is 17.1 Å². The predicted octanol–water partition coefficient (Wildman–Crippen LogP) is 3.73. The molecule has 4 nitrogen and oxygen atoms in total. The normalized spacial score (nSPS) is 10.6. The van der Waals surface area contributed by atoms with E-state index in [-0.39, 0.29) is 0 Å². The molecule has 5 heteroatoms. The lowest BCUT2D eigenvalue weighted by Crippen LogP contribution is -1.90. The van der Waals surface area contributed by atoms with Crippen LogP contribution in [0.1, 0.15) is 5.56 Å². The number of halogens is 1. The van der Waals surface area contributed by atoms with Crippen LogP contribution < -0.4 is 4.74 Å². The number of carbonyl (C=O) groups is 1. The van der Waals surface area contributed by atoms with Gasteiger partial charge in [-0.3, -0.25) is 4.98 Å². The summed E-state index contributed by atoms with van der Waals surface area (Å²) in [4.78, 5) is 14.5. The molecule has 0 aliphatic carbocycles. The van der Waals surface area contributed by atoms with E-state index < -0.39 is 5.97 Å². The lowest BCUT2D eigenvalue weighted by atomic mass is 10.2. The van der Waals surface area contributed by atoms with Crippen molar-refractivity contribution < 1.29 is 14.6 Å². The molecular weight excluding hydrogens is 310 g/mol. The molecule has 96 valence electrons. The van der Waals surface area contributed by atoms with Crippen molar-refractivity contribution in [1.82, 2.24) is 4.98 Å². The standard InChI is InChI=1S/C14H10BrNO3/c15-11-7-12(9-16-8-11)19-13-4-2-1-3-10(13)5-6-14(17)18/h1-9H,(H,17,18). The van der Waals surface area contributed by atoms with Gasteiger partial charge in [-0.15, -0.1) is 0 Å². The van der Waals surface area contributed by atoms with Gasteiger partial charge in [-0.05, 0) is 34.1 Å². The van der Waals surface area contributed by atoms with Crippen molar-refractivity contribution >= 4 is 28.0 Å². The second-order valence-corrected chi connectivity index (χ2v) is 4.57. The zero-order chi connectivity index (χ0) is 13.7. The molecule has 19 heavy (non-hydrogen) atoms. The Balaban J connectivity index is 2.27. The van der Waals surface area contributed by atoms with E-state index in [9.17, 15) is 4.79 Å². The fourth-order valence-electron chi connectivity index (χ4n) is 1.45. The van der Waals surface area contributed by atoms with Crippen LogP contribution >= 0.6 is 15.9 Å². The number of pyridine rings is 1. The molecule has 0 atom stereocenters. The van der Waals surface area contributed by atoms with E-state index in [1.807, 2.05) is 12.1 Å². The van der Waals surface area contributed by atoms with Gasteiger partial charge in [0.1, 0.15) is 11.5 Å². The number of nitrogens with zero attached hydrogens (tertiary/aromatic N) is 1. The van der Waals surface area contributed by atoms with Crippen molar-refractivity contribution in [2.45, 2.75) is 0 Å². The Morgan fingerprint density at radius 2 is 2.11 bits per heavy atom. The quantitative estimate of drug-likeness (QED) is 0.872. The number of hydrogen-bond acceptors (Lipinski definition) is 3. The Morgan fingerprint density at radius 1 is 1.32 bits per heavy atom. The third-order valence-electron chi connectivity index (χ3n) is 2.23. The SMILES string of the molecule is O=C(O)C=Cc1ccccc1Oc1cncc(Br)c1. The molecule has 2 aromatic rings. The number of carboxylic acid groups (broad SMARTS) is 1. The van der Waals surface area contributed by atoms with Crippen molar-refractivity contribution in [3.8, 4) is 11.5 Å². The van der Waals surface area contributed by atoms with Crippen LogP contribution in [0.3, 0.4) is 0 Å². The van der Waals surface area contributed by atoms with Crippen LogP contribution in [0.4, 0.5) is 0 Å². The molecule has 0 saturated carbocycles. The lowest BCUT2D eigenvalue weighted by Gasteiger charge is -2.08. The van der Waals surface area contributed by atoms with Crippen LogP contribution in [-0.2, 0) is 4.79 Å². The molecule has 0 aliphatic heterocycles. The average Bonchev–Trinajstić information content (AvgIpc) is 2.38. The minimum absolute atomic E-state index is 0.569. The smallest absolute Gasteiger partial charge is 0.328 e. The van der Waals surface area contributed by atoms with Gasteiger partial charge in [-0.1, -0.05) is 18.2 Å². The van der Waals surface area contributed by atoms with Gasteiger partial charge in [0, 0.05) is 22.3 Å². The maximum absolute atomic E-state index is 10.5. The average molecular weight is 320 g/mol. The summed E-state index contributed by atoms with van der Waals surface area (Å²) in [5, 5.41) is 8.65. The molecule has 0 fully saturated rings. The zero-order valence-corrected chi connectivity index (χ0v) is 11.4. The first-order valence-electron chi connectivity index (χ1n) is 5.43. The number of hydrogen-bond donors (Lipinski definition) is 1. The second-order valence-electron chi connectivity index (χ2n) is 3.65. The Labute approximate surface area is 118 Å². The number of aliphatic carboxylic acids is 1. The van der Waals surface area contributed by atoms with E-state index in [1.54, 1.807) is 30.6 Å². The first-order chi connectivity index (χ1) is 9.15. The fourth-order valence-corrected chi connectivity index (χ4v) is 1.79. The number of carboxylic acids is 1. The predicted molar refractivity (Wildman–Crippen MR) is 75.1 cm³/mol. The topological polar surface area (TPSA) is 59.4 Å². The molecule has 0 amide bonds. The van der Waals surface area contributed by atoms with Gasteiger partial charge < -0.3 is 9.84 Å². The second kappa shape index (κ2) is 6.15. The highest BCUT2D eigenvalue weighted by Crippen LogP contribution is 2.27. The maximum atomic E-state index is 10.5. The molecule has 0 radical (unpaired) electrons. The van der Waals surface area contributed by atoms with E-state index in [4.69, 9.17) is 9.84 Å². The minimum Gasteiger partial charge on any atom is -0.478 e. The Bertz CT molecular complexity index is 626. The third-order valence-corrected chi connectivity index (χ3v) is 2.67. The molecule has 0 bridgehead atoms. The Kier molecular flexibility index (Phi) is 4.30. The van der Waals surface area contributed by atoms with Gasteiger partial charge in [0.15, 0.2) is 0 Å². The summed E-state index contributed by atoms with van der Waals surface area (Å²) in [6, 6.07) is 8.96. The van der Waals surface area contributed by atoms with Gasteiger partial charge in [0.25, 0.3) is 0 Å². The van der Waals surface area contributed by atoms with Crippen LogP contribution in [0.5, 0.6) is 11.5 Å². The maximum Gasteiger partial charge on any atom is 0.328 e. The molecular formula is C14H10BrNO3. The number of rotatable bonds is 4. The van der Waals surface area contributed by atoms with Crippen molar-refractivity contribution in [2.24, 2.45) is 0 Å². The first-order valence-corrected chi connectivity index (χ1v) is 6.23. The van der Waals surface area contributed by atoms with Crippen molar-refractivity contribution in [3.63, 3.8) is 0 Å². The van der Waals surface area contributed by atoms with Crippen molar-refractivity contribution in [1.29, 1.82) is 0 Å². The van der Waals surface area contributed by atoms with Gasteiger partial charge in [-0.25, -0.2) is 4.79 Å². The molecule has 0 aliphatic rings. The van der Waals surface area contributed by atoms with Crippen molar-refractivity contribution in [2.75, 3.05) is 0 Å². The van der Waals surface area contributed by atoms with E-state index in [1.165, 1.54) is 6.08 Å². The van der Waals surface area contributed by atoms with Crippen LogP contribution in [0.2, 0.25) is 0 Å². The first kappa shape index (κ1) is 13.3. The summed E-state index contributed by atoms with van der Waals surface area (Å²) >= 11 is 3.31. The van der Waals surface area contributed by atoms with Gasteiger partial charge in [-0.2, -0.15) is 0 Å². The molecule has 0 spiro atoms. The third kappa shape index (κ3) is 3.93. The molecule has 0 unspecified atom stereocenters. The number of benzene rings is 1. The Morgan fingerprint density at radius 3 is 2.84 bits per heavy atom. The van der Waals surface area contributed by atoms with Crippen LogP contribution in [0.25, 0.3) is 6.08 Å². The summed E-state index contributed by atoms with van der Waals surface area (Å²) in [7, 11) is 0. The summed E-state index contributed by atoms with van der Waals surface area (Å²) in [6.45, 7) is 0. The molecule has 1 aromatic carbocycles. The van der Waals surface area contributed by atoms with E-state index in [0.717, 1.165) is 10.5 Å². The van der Waals surface area contributed by atoms with Gasteiger partial charge in [0.05, 0.1) is 6.20 Å². The molecule has 1 aromatic heterocycles. The van der Waals surface area contributed by atoms with E-state index >= 15 is 0 Å². The van der Waals surface area contributed by atoms with Crippen LogP contribution in [0, 0.1) is 0 Å². The highest BCUT2D eigenvalue weighted by Gasteiger charge is 2.03. The Hall–Kier alpha value is -2.14. The number of ether oxygens (including phenoxy) is 1. The largest absolute Gasteiger partial charge is 0.478 e. The van der Waals surface area contributed by atoms with Crippen LogP contribution in [-0.4, -0.2) is 16.1 Å². The highest BCUT2D eigenvalue weighted by atomic mass is 79.9. The minimum atomic E-state index is -1.00. The monoisotopic (exact) mass is 319 g/mol. The van der Waals surface area contributed by atoms with Crippen molar-refractivity contribution in [3.05, 3.63) is 58.8 Å².